The van der Waals surface area contributed by atoms with E-state index in [4.69, 9.17) is 0 Å². The van der Waals surface area contributed by atoms with E-state index in [0.29, 0.717) is 23.4 Å². The molecule has 0 saturated carbocycles. The summed E-state index contributed by atoms with van der Waals surface area (Å²) in [6, 6.07) is 10.4. The molecular formula is C18H18FN5O. The molecule has 0 aliphatic carbocycles. The van der Waals surface area contributed by atoms with Gasteiger partial charge in [0.1, 0.15) is 11.6 Å². The van der Waals surface area contributed by atoms with E-state index in [2.05, 4.69) is 20.3 Å². The zero-order chi connectivity index (χ0) is 17.4. The molecule has 1 amide bonds. The van der Waals surface area contributed by atoms with Crippen molar-refractivity contribution in [2.45, 2.75) is 19.4 Å². The number of hydrogen-bond acceptors (Lipinski definition) is 4. The number of hydrogen-bond donors (Lipinski definition) is 1. The summed E-state index contributed by atoms with van der Waals surface area (Å²) in [7, 11) is 0. The molecule has 1 saturated heterocycles. The summed E-state index contributed by atoms with van der Waals surface area (Å²) in [5, 5.41) is 7.29. The number of aromatic nitrogens is 3. The first-order valence-electron chi connectivity index (χ1n) is 8.23. The van der Waals surface area contributed by atoms with Crippen LogP contribution in [0.4, 0.5) is 10.2 Å². The summed E-state index contributed by atoms with van der Waals surface area (Å²) in [6.07, 6.45) is 2.54. The highest BCUT2D eigenvalue weighted by atomic mass is 19.1. The second-order valence-electron chi connectivity index (χ2n) is 6.21. The summed E-state index contributed by atoms with van der Waals surface area (Å²) in [5.41, 5.74) is 1.70. The van der Waals surface area contributed by atoms with Crippen molar-refractivity contribution < 1.29 is 9.18 Å². The Kier molecular flexibility index (Phi) is 3.83. The maximum Gasteiger partial charge on any atom is 0.217 e. The van der Waals surface area contributed by atoms with E-state index in [1.807, 2.05) is 6.07 Å². The smallest absolute Gasteiger partial charge is 0.217 e. The summed E-state index contributed by atoms with van der Waals surface area (Å²) in [5.74, 6) is 0.515. The molecule has 1 aliphatic rings. The van der Waals surface area contributed by atoms with E-state index in [1.54, 1.807) is 35.0 Å². The van der Waals surface area contributed by atoms with Crippen molar-refractivity contribution in [1.82, 2.24) is 19.9 Å². The minimum atomic E-state index is -0.303. The van der Waals surface area contributed by atoms with Crippen LogP contribution in [0.1, 0.15) is 13.3 Å². The maximum atomic E-state index is 14.2. The van der Waals surface area contributed by atoms with Gasteiger partial charge >= 0.3 is 0 Å². The minimum absolute atomic E-state index is 0.0298. The number of carbonyl (C=O) groups is 1. The normalized spacial score (nSPS) is 17.2. The standard InChI is InChI=1S/C18H18FN5O/c1-12(25)21-13-7-9-23(11-13)18-10-16(14-4-2-3-5-15(14)19)22-17-6-8-20-24(17)18/h2-6,8,10,13H,7,9,11H2,1H3,(H,21,25)/t13-/m1/s1. The first-order valence-corrected chi connectivity index (χ1v) is 8.23. The van der Waals surface area contributed by atoms with E-state index in [1.165, 1.54) is 13.0 Å². The largest absolute Gasteiger partial charge is 0.354 e. The number of anilines is 1. The third kappa shape index (κ3) is 2.93. The number of rotatable bonds is 3. The molecule has 1 N–H and O–H groups in total. The van der Waals surface area contributed by atoms with Gasteiger partial charge < -0.3 is 10.2 Å². The van der Waals surface area contributed by atoms with Gasteiger partial charge in [-0.05, 0) is 18.6 Å². The molecule has 0 spiro atoms. The first-order chi connectivity index (χ1) is 12.1. The number of fused-ring (bicyclic) bond motifs is 1. The Morgan fingerprint density at radius 2 is 2.16 bits per heavy atom. The predicted molar refractivity (Wildman–Crippen MR) is 92.8 cm³/mol. The Morgan fingerprint density at radius 3 is 2.96 bits per heavy atom. The van der Waals surface area contributed by atoms with E-state index in [0.717, 1.165) is 18.8 Å². The first kappa shape index (κ1) is 15.6. The fraction of sp³-hybridized carbons (Fsp3) is 0.278. The van der Waals surface area contributed by atoms with E-state index in [9.17, 15) is 9.18 Å². The Hall–Kier alpha value is -2.96. The Labute approximate surface area is 144 Å². The molecule has 0 unspecified atom stereocenters. The van der Waals surface area contributed by atoms with Gasteiger partial charge in [0.25, 0.3) is 0 Å². The molecule has 128 valence electrons. The molecule has 4 rings (SSSR count). The molecule has 25 heavy (non-hydrogen) atoms. The molecule has 7 heteroatoms. The van der Waals surface area contributed by atoms with Crippen LogP contribution in [0.5, 0.6) is 0 Å². The molecule has 2 aromatic heterocycles. The molecule has 6 nitrogen and oxygen atoms in total. The lowest BCUT2D eigenvalue weighted by Crippen LogP contribution is -2.36. The highest BCUT2D eigenvalue weighted by molar-refractivity contribution is 5.73. The fourth-order valence-electron chi connectivity index (χ4n) is 3.30. The quantitative estimate of drug-likeness (QED) is 0.795. The number of benzene rings is 1. The molecule has 1 aromatic carbocycles. The average Bonchev–Trinajstić information content (AvgIpc) is 3.23. The van der Waals surface area contributed by atoms with Crippen molar-refractivity contribution in [2.75, 3.05) is 18.0 Å². The Bertz CT molecular complexity index is 938. The van der Waals surface area contributed by atoms with E-state index in [-0.39, 0.29) is 17.8 Å². The fourth-order valence-corrected chi connectivity index (χ4v) is 3.30. The number of nitrogens with zero attached hydrogens (tertiary/aromatic N) is 4. The summed E-state index contributed by atoms with van der Waals surface area (Å²) < 4.78 is 15.9. The molecule has 1 atom stereocenters. The topological polar surface area (TPSA) is 62.5 Å². The van der Waals surface area contributed by atoms with Gasteiger partial charge in [-0.3, -0.25) is 4.79 Å². The van der Waals surface area contributed by atoms with Crippen LogP contribution in [0.2, 0.25) is 0 Å². The molecule has 0 radical (unpaired) electrons. The highest BCUT2D eigenvalue weighted by Crippen LogP contribution is 2.28. The van der Waals surface area contributed by atoms with Crippen LogP contribution in [0.15, 0.2) is 42.6 Å². The second-order valence-corrected chi connectivity index (χ2v) is 6.21. The van der Waals surface area contributed by atoms with Crippen LogP contribution >= 0.6 is 0 Å². The van der Waals surface area contributed by atoms with Crippen LogP contribution < -0.4 is 10.2 Å². The summed E-state index contributed by atoms with van der Waals surface area (Å²) >= 11 is 0. The highest BCUT2D eigenvalue weighted by Gasteiger charge is 2.26. The summed E-state index contributed by atoms with van der Waals surface area (Å²) in [4.78, 5) is 18.0. The molecule has 1 aliphatic heterocycles. The van der Waals surface area contributed by atoms with Crippen molar-refractivity contribution in [3.8, 4) is 11.3 Å². The van der Waals surface area contributed by atoms with Crippen LogP contribution in [0.25, 0.3) is 16.9 Å². The predicted octanol–water partition coefficient (Wildman–Crippen LogP) is 2.25. The van der Waals surface area contributed by atoms with Crippen molar-refractivity contribution in [3.05, 3.63) is 48.4 Å². The Balaban J connectivity index is 1.75. The van der Waals surface area contributed by atoms with Crippen molar-refractivity contribution in [2.24, 2.45) is 0 Å². The summed E-state index contributed by atoms with van der Waals surface area (Å²) in [6.45, 7) is 3.01. The van der Waals surface area contributed by atoms with Gasteiger partial charge in [-0.15, -0.1) is 0 Å². The minimum Gasteiger partial charge on any atom is -0.354 e. The number of carbonyl (C=O) groups excluding carboxylic acids is 1. The zero-order valence-electron chi connectivity index (χ0n) is 13.8. The van der Waals surface area contributed by atoms with Crippen LogP contribution in [0, 0.1) is 5.82 Å². The number of nitrogens with one attached hydrogen (secondary N) is 1. The number of halogens is 1. The lowest BCUT2D eigenvalue weighted by Gasteiger charge is -2.20. The number of amides is 1. The Morgan fingerprint density at radius 1 is 1.32 bits per heavy atom. The van der Waals surface area contributed by atoms with Crippen molar-refractivity contribution in [1.29, 1.82) is 0 Å². The average molecular weight is 339 g/mol. The molecule has 1 fully saturated rings. The van der Waals surface area contributed by atoms with Gasteiger partial charge in [0.15, 0.2) is 5.65 Å². The zero-order valence-corrected chi connectivity index (χ0v) is 13.8. The monoisotopic (exact) mass is 339 g/mol. The van der Waals surface area contributed by atoms with Gasteiger partial charge in [-0.1, -0.05) is 12.1 Å². The van der Waals surface area contributed by atoms with Crippen LogP contribution in [0.3, 0.4) is 0 Å². The van der Waals surface area contributed by atoms with E-state index < -0.39 is 0 Å². The third-order valence-electron chi connectivity index (χ3n) is 4.41. The molecule has 3 heterocycles. The SMILES string of the molecule is CC(=O)N[C@@H]1CCN(c2cc(-c3ccccc3F)nc3ccnn23)C1. The lowest BCUT2D eigenvalue weighted by atomic mass is 10.1. The van der Waals surface area contributed by atoms with Crippen LogP contribution in [-0.2, 0) is 4.79 Å². The van der Waals surface area contributed by atoms with Gasteiger partial charge in [-0.25, -0.2) is 9.37 Å². The second kappa shape index (κ2) is 6.16. The van der Waals surface area contributed by atoms with Crippen LogP contribution in [-0.4, -0.2) is 39.6 Å². The van der Waals surface area contributed by atoms with Gasteiger partial charge in [0.2, 0.25) is 5.91 Å². The van der Waals surface area contributed by atoms with E-state index >= 15 is 0 Å². The van der Waals surface area contributed by atoms with Gasteiger partial charge in [-0.2, -0.15) is 9.61 Å². The van der Waals surface area contributed by atoms with Crippen molar-refractivity contribution >= 4 is 17.4 Å². The molecule has 3 aromatic rings. The maximum absolute atomic E-state index is 14.2. The lowest BCUT2D eigenvalue weighted by molar-refractivity contribution is -0.119. The van der Waals surface area contributed by atoms with Crippen molar-refractivity contribution in [3.63, 3.8) is 0 Å². The van der Waals surface area contributed by atoms with Gasteiger partial charge in [0, 0.05) is 43.8 Å². The molecular weight excluding hydrogens is 321 g/mol. The molecule has 0 bridgehead atoms. The third-order valence-corrected chi connectivity index (χ3v) is 4.41. The van der Waals surface area contributed by atoms with Gasteiger partial charge in [0.05, 0.1) is 11.9 Å².